The standard InChI is InChI=1S/C26H42N4/c1-29(21-11-17-27-23-25-13-5-3-6-14-25)19-9-10-20-30(2)22-12-18-28-24-26-15-7-4-8-16-26/h3-8,13-16,27-28H,9-12,17-24H2,1-2H3. The van der Waals surface area contributed by atoms with Gasteiger partial charge in [-0.3, -0.25) is 0 Å². The zero-order valence-corrected chi connectivity index (χ0v) is 19.2. The van der Waals surface area contributed by atoms with Gasteiger partial charge in [0.2, 0.25) is 0 Å². The van der Waals surface area contributed by atoms with Gasteiger partial charge >= 0.3 is 0 Å². The molecule has 4 nitrogen and oxygen atoms in total. The van der Waals surface area contributed by atoms with E-state index in [1.54, 1.807) is 0 Å². The molecule has 4 heteroatoms. The second-order valence-corrected chi connectivity index (χ2v) is 8.35. The quantitative estimate of drug-likeness (QED) is 0.386. The Balaban J connectivity index is 1.36. The molecule has 0 aromatic heterocycles. The van der Waals surface area contributed by atoms with Crippen LogP contribution in [0, 0.1) is 0 Å². The van der Waals surface area contributed by atoms with Crippen LogP contribution in [0.4, 0.5) is 0 Å². The van der Waals surface area contributed by atoms with Crippen molar-refractivity contribution >= 4 is 0 Å². The number of rotatable bonds is 17. The molecule has 2 aromatic carbocycles. The van der Waals surface area contributed by atoms with E-state index in [9.17, 15) is 0 Å². The van der Waals surface area contributed by atoms with E-state index in [0.717, 1.165) is 26.2 Å². The van der Waals surface area contributed by atoms with Gasteiger partial charge in [0, 0.05) is 13.1 Å². The number of hydrogen-bond donors (Lipinski definition) is 2. The minimum atomic E-state index is 0.971. The molecule has 0 spiro atoms. The molecule has 0 saturated carbocycles. The zero-order chi connectivity index (χ0) is 21.3. The summed E-state index contributed by atoms with van der Waals surface area (Å²) in [6.07, 6.45) is 4.98. The van der Waals surface area contributed by atoms with E-state index in [4.69, 9.17) is 0 Å². The monoisotopic (exact) mass is 410 g/mol. The Kier molecular flexibility index (Phi) is 13.1. The summed E-state index contributed by atoms with van der Waals surface area (Å²) in [7, 11) is 4.50. The van der Waals surface area contributed by atoms with E-state index < -0.39 is 0 Å². The minimum absolute atomic E-state index is 0.971. The van der Waals surface area contributed by atoms with Gasteiger partial charge < -0.3 is 20.4 Å². The third kappa shape index (κ3) is 12.1. The maximum absolute atomic E-state index is 3.54. The molecule has 2 rings (SSSR count). The summed E-state index contributed by atoms with van der Waals surface area (Å²) in [6.45, 7) is 8.85. The third-order valence-corrected chi connectivity index (χ3v) is 5.46. The van der Waals surface area contributed by atoms with Crippen LogP contribution in [0.3, 0.4) is 0 Å². The van der Waals surface area contributed by atoms with Crippen LogP contribution in [0.15, 0.2) is 60.7 Å². The van der Waals surface area contributed by atoms with Gasteiger partial charge in [-0.2, -0.15) is 0 Å². The largest absolute Gasteiger partial charge is 0.313 e. The molecule has 0 aliphatic heterocycles. The summed E-state index contributed by atoms with van der Waals surface area (Å²) in [5.41, 5.74) is 2.73. The lowest BCUT2D eigenvalue weighted by molar-refractivity contribution is 0.287. The van der Waals surface area contributed by atoms with E-state index in [1.807, 2.05) is 0 Å². The maximum Gasteiger partial charge on any atom is 0.0205 e. The Bertz CT molecular complexity index is 574. The van der Waals surface area contributed by atoms with Gasteiger partial charge in [0.05, 0.1) is 0 Å². The average Bonchev–Trinajstić information content (AvgIpc) is 2.78. The van der Waals surface area contributed by atoms with Gasteiger partial charge in [-0.15, -0.1) is 0 Å². The molecular formula is C26H42N4. The molecule has 2 N–H and O–H groups in total. The molecule has 0 fully saturated rings. The van der Waals surface area contributed by atoms with Crippen LogP contribution >= 0.6 is 0 Å². The van der Waals surface area contributed by atoms with Gasteiger partial charge in [-0.05, 0) is 90.2 Å². The first-order valence-corrected chi connectivity index (χ1v) is 11.6. The molecule has 0 atom stereocenters. The lowest BCUT2D eigenvalue weighted by atomic mass is 10.2. The number of hydrogen-bond acceptors (Lipinski definition) is 4. The number of benzene rings is 2. The topological polar surface area (TPSA) is 30.5 Å². The van der Waals surface area contributed by atoms with E-state index >= 15 is 0 Å². The van der Waals surface area contributed by atoms with Crippen LogP contribution in [0.2, 0.25) is 0 Å². The molecule has 0 aliphatic carbocycles. The van der Waals surface area contributed by atoms with Crippen LogP contribution in [-0.4, -0.2) is 63.2 Å². The van der Waals surface area contributed by atoms with Crippen molar-refractivity contribution in [3.05, 3.63) is 71.8 Å². The normalized spacial score (nSPS) is 11.5. The minimum Gasteiger partial charge on any atom is -0.313 e. The fraction of sp³-hybridized carbons (Fsp3) is 0.538. The molecule has 0 aliphatic rings. The zero-order valence-electron chi connectivity index (χ0n) is 19.2. The molecule has 0 saturated heterocycles. The molecular weight excluding hydrogens is 368 g/mol. The van der Waals surface area contributed by atoms with E-state index in [0.29, 0.717) is 0 Å². The molecule has 0 amide bonds. The van der Waals surface area contributed by atoms with Crippen molar-refractivity contribution in [2.24, 2.45) is 0 Å². The first kappa shape index (κ1) is 24.5. The van der Waals surface area contributed by atoms with Crippen molar-refractivity contribution in [3.63, 3.8) is 0 Å². The highest BCUT2D eigenvalue weighted by Gasteiger charge is 2.01. The highest BCUT2D eigenvalue weighted by Crippen LogP contribution is 2.00. The molecule has 0 bridgehead atoms. The first-order valence-electron chi connectivity index (χ1n) is 11.6. The second kappa shape index (κ2) is 16.0. The van der Waals surface area contributed by atoms with Crippen LogP contribution in [0.25, 0.3) is 0 Å². The highest BCUT2D eigenvalue weighted by molar-refractivity contribution is 5.14. The SMILES string of the molecule is CN(CCCCN(C)CCCNCc1ccccc1)CCCNCc1ccccc1. The van der Waals surface area contributed by atoms with E-state index in [2.05, 4.69) is 95.2 Å². The molecule has 166 valence electrons. The van der Waals surface area contributed by atoms with E-state index in [1.165, 1.54) is 63.0 Å². The average molecular weight is 411 g/mol. The number of nitrogens with one attached hydrogen (secondary N) is 2. The fourth-order valence-electron chi connectivity index (χ4n) is 3.59. The van der Waals surface area contributed by atoms with Crippen LogP contribution in [0.1, 0.15) is 36.8 Å². The summed E-state index contributed by atoms with van der Waals surface area (Å²) in [5.74, 6) is 0. The fourth-order valence-corrected chi connectivity index (χ4v) is 3.59. The Hall–Kier alpha value is -1.72. The van der Waals surface area contributed by atoms with Crippen LogP contribution < -0.4 is 10.6 Å². The van der Waals surface area contributed by atoms with Crippen molar-refractivity contribution < 1.29 is 0 Å². The molecule has 0 radical (unpaired) electrons. The van der Waals surface area contributed by atoms with Crippen molar-refractivity contribution in [3.8, 4) is 0 Å². The van der Waals surface area contributed by atoms with Gasteiger partial charge in [-0.1, -0.05) is 60.7 Å². The van der Waals surface area contributed by atoms with Crippen molar-refractivity contribution in [2.45, 2.75) is 38.8 Å². The van der Waals surface area contributed by atoms with Crippen molar-refractivity contribution in [1.82, 2.24) is 20.4 Å². The Morgan fingerprint density at radius 3 is 1.30 bits per heavy atom. The molecule has 2 aromatic rings. The van der Waals surface area contributed by atoms with Gasteiger partial charge in [-0.25, -0.2) is 0 Å². The smallest absolute Gasteiger partial charge is 0.0205 e. The molecule has 0 unspecified atom stereocenters. The summed E-state index contributed by atoms with van der Waals surface area (Å²) in [6, 6.07) is 21.3. The predicted octanol–water partition coefficient (Wildman–Crippen LogP) is 3.99. The van der Waals surface area contributed by atoms with Crippen LogP contribution in [-0.2, 0) is 13.1 Å². The number of nitrogens with zero attached hydrogens (tertiary/aromatic N) is 2. The van der Waals surface area contributed by atoms with Gasteiger partial charge in [0.25, 0.3) is 0 Å². The number of unbranched alkanes of at least 4 members (excludes halogenated alkanes) is 1. The predicted molar refractivity (Wildman–Crippen MR) is 130 cm³/mol. The maximum atomic E-state index is 3.54. The third-order valence-electron chi connectivity index (χ3n) is 5.46. The summed E-state index contributed by atoms with van der Waals surface area (Å²) in [4.78, 5) is 4.94. The summed E-state index contributed by atoms with van der Waals surface area (Å²) >= 11 is 0. The Morgan fingerprint density at radius 2 is 0.900 bits per heavy atom. The molecule has 30 heavy (non-hydrogen) atoms. The second-order valence-electron chi connectivity index (χ2n) is 8.35. The molecule has 0 heterocycles. The lowest BCUT2D eigenvalue weighted by Gasteiger charge is -2.19. The lowest BCUT2D eigenvalue weighted by Crippen LogP contribution is -2.27. The Labute approximate surface area is 184 Å². The van der Waals surface area contributed by atoms with Crippen molar-refractivity contribution in [1.29, 1.82) is 0 Å². The van der Waals surface area contributed by atoms with Crippen LogP contribution in [0.5, 0.6) is 0 Å². The van der Waals surface area contributed by atoms with E-state index in [-0.39, 0.29) is 0 Å². The summed E-state index contributed by atoms with van der Waals surface area (Å²) in [5, 5.41) is 7.08. The van der Waals surface area contributed by atoms with Crippen molar-refractivity contribution in [2.75, 3.05) is 53.4 Å². The first-order chi connectivity index (χ1) is 14.7. The summed E-state index contributed by atoms with van der Waals surface area (Å²) < 4.78 is 0. The van der Waals surface area contributed by atoms with Gasteiger partial charge in [0.1, 0.15) is 0 Å². The Morgan fingerprint density at radius 1 is 0.533 bits per heavy atom. The highest BCUT2D eigenvalue weighted by atomic mass is 15.1. The van der Waals surface area contributed by atoms with Gasteiger partial charge in [0.15, 0.2) is 0 Å².